The molecule has 0 aliphatic heterocycles. The molecule has 1 aromatic heterocycles. The Balaban J connectivity index is 2.61. The molecule has 128 valence electrons. The van der Waals surface area contributed by atoms with Crippen molar-refractivity contribution in [1.82, 2.24) is 15.3 Å². The van der Waals surface area contributed by atoms with Crippen LogP contribution in [-0.4, -0.2) is 42.7 Å². The summed E-state index contributed by atoms with van der Waals surface area (Å²) in [6.07, 6.45) is 2.56. The second-order valence-electron chi connectivity index (χ2n) is 4.91. The van der Waals surface area contributed by atoms with Gasteiger partial charge < -0.3 is 10.3 Å². The van der Waals surface area contributed by atoms with Gasteiger partial charge in [-0.2, -0.15) is 0 Å². The fourth-order valence-corrected chi connectivity index (χ4v) is 4.24. The van der Waals surface area contributed by atoms with Crippen LogP contribution in [0.2, 0.25) is 0 Å². The van der Waals surface area contributed by atoms with Crippen molar-refractivity contribution in [1.29, 1.82) is 0 Å². The van der Waals surface area contributed by atoms with E-state index in [9.17, 15) is 18.6 Å². The maximum Gasteiger partial charge on any atom is 0.325 e. The number of carbonyl (C=O) groups is 1. The molecule has 1 unspecified atom stereocenters. The molecule has 0 radical (unpaired) electrons. The summed E-state index contributed by atoms with van der Waals surface area (Å²) < 4.78 is 11.7. The zero-order chi connectivity index (χ0) is 17.4. The second kappa shape index (κ2) is 9.51. The van der Waals surface area contributed by atoms with Crippen LogP contribution in [0.15, 0.2) is 15.7 Å². The highest BCUT2D eigenvalue weighted by Crippen LogP contribution is 2.03. The number of aryl methyl sites for hydroxylation is 1. The van der Waals surface area contributed by atoms with Crippen LogP contribution in [0.25, 0.3) is 6.08 Å². The molecule has 1 aromatic rings. The summed E-state index contributed by atoms with van der Waals surface area (Å²) in [4.78, 5) is 39.1. The maximum atomic E-state index is 11.8. The van der Waals surface area contributed by atoms with Gasteiger partial charge in [-0.25, -0.2) is 4.79 Å². The number of nitrogens with one attached hydrogen (secondary N) is 3. The molecule has 0 saturated heterocycles. The molecule has 0 spiro atoms. The zero-order valence-corrected chi connectivity index (χ0v) is 14.9. The van der Waals surface area contributed by atoms with Gasteiger partial charge in [0, 0.05) is 34.4 Å². The van der Waals surface area contributed by atoms with Crippen molar-refractivity contribution in [2.75, 3.05) is 16.6 Å². The minimum absolute atomic E-state index is 0.218. The highest BCUT2D eigenvalue weighted by Gasteiger charge is 2.10. The quantitative estimate of drug-likeness (QED) is 0.580. The van der Waals surface area contributed by atoms with Gasteiger partial charge in [-0.15, -0.1) is 11.8 Å². The fourth-order valence-electron chi connectivity index (χ4n) is 1.81. The topological polar surface area (TPSA) is 112 Å². The lowest BCUT2D eigenvalue weighted by molar-refractivity contribution is -0.116. The van der Waals surface area contributed by atoms with Gasteiger partial charge in [-0.05, 0) is 25.7 Å². The predicted molar refractivity (Wildman–Crippen MR) is 95.1 cm³/mol. The summed E-state index contributed by atoms with van der Waals surface area (Å²) >= 11 is 1.59. The normalized spacial score (nSPS) is 13.9. The second-order valence-corrected chi connectivity index (χ2v) is 8.05. The Labute approximate surface area is 140 Å². The van der Waals surface area contributed by atoms with Crippen molar-refractivity contribution in [3.05, 3.63) is 38.2 Å². The molecular weight excluding hydrogens is 338 g/mol. The van der Waals surface area contributed by atoms with Gasteiger partial charge in [0.25, 0.3) is 5.56 Å². The first kappa shape index (κ1) is 19.4. The molecule has 0 aromatic carbocycles. The number of hydrogen-bond acceptors (Lipinski definition) is 5. The number of aromatic nitrogens is 2. The molecule has 0 bridgehead atoms. The van der Waals surface area contributed by atoms with Gasteiger partial charge in [-0.1, -0.05) is 6.92 Å². The Kier molecular flexibility index (Phi) is 8.04. The van der Waals surface area contributed by atoms with Gasteiger partial charge in [0.2, 0.25) is 5.91 Å². The van der Waals surface area contributed by atoms with Crippen molar-refractivity contribution in [3.63, 3.8) is 0 Å². The van der Waals surface area contributed by atoms with Crippen LogP contribution < -0.4 is 16.6 Å². The van der Waals surface area contributed by atoms with E-state index in [0.29, 0.717) is 16.5 Å². The summed E-state index contributed by atoms with van der Waals surface area (Å²) in [5, 5.41) is 3.25. The molecule has 1 rings (SSSR count). The number of H-pyrrole nitrogens is 2. The van der Waals surface area contributed by atoms with E-state index in [2.05, 4.69) is 15.3 Å². The SMILES string of the molecule is CCSCS(=O)C[C@@H](C)NC(=O)/C=C/c1c(C)[nH]c(=O)[nH]c1=O. The van der Waals surface area contributed by atoms with Crippen LogP contribution in [0.1, 0.15) is 25.1 Å². The molecule has 0 aliphatic carbocycles. The number of rotatable bonds is 8. The first-order valence-electron chi connectivity index (χ1n) is 7.08. The Hall–Kier alpha value is -1.61. The summed E-state index contributed by atoms with van der Waals surface area (Å²) in [5.74, 6) is 0.898. The van der Waals surface area contributed by atoms with Crippen LogP contribution in [0.4, 0.5) is 0 Å². The van der Waals surface area contributed by atoms with E-state index in [1.54, 1.807) is 25.6 Å². The Bertz CT molecular complexity index is 709. The van der Waals surface area contributed by atoms with Crippen LogP contribution in [0.5, 0.6) is 0 Å². The predicted octanol–water partition coefficient (Wildman–Crippen LogP) is 0.349. The third-order valence-electron chi connectivity index (χ3n) is 2.82. The van der Waals surface area contributed by atoms with E-state index in [0.717, 1.165) is 5.75 Å². The van der Waals surface area contributed by atoms with E-state index in [4.69, 9.17) is 0 Å². The summed E-state index contributed by atoms with van der Waals surface area (Å²) in [5.41, 5.74) is -0.542. The van der Waals surface area contributed by atoms with Crippen LogP contribution in [0, 0.1) is 6.92 Å². The van der Waals surface area contributed by atoms with Gasteiger partial charge in [0.05, 0.1) is 10.6 Å². The smallest absolute Gasteiger partial charge is 0.325 e. The average molecular weight is 359 g/mol. The van der Waals surface area contributed by atoms with E-state index in [-0.39, 0.29) is 17.5 Å². The van der Waals surface area contributed by atoms with Gasteiger partial charge in [0.1, 0.15) is 0 Å². The van der Waals surface area contributed by atoms with E-state index < -0.39 is 22.0 Å². The lowest BCUT2D eigenvalue weighted by Crippen LogP contribution is -2.35. The average Bonchev–Trinajstić information content (AvgIpc) is 2.43. The molecule has 1 amide bonds. The number of aromatic amines is 2. The summed E-state index contributed by atoms with van der Waals surface area (Å²) in [6, 6.07) is -0.236. The minimum Gasteiger partial charge on any atom is -0.349 e. The van der Waals surface area contributed by atoms with Gasteiger partial charge >= 0.3 is 5.69 Å². The molecule has 7 nitrogen and oxygen atoms in total. The Morgan fingerprint density at radius 3 is 2.70 bits per heavy atom. The van der Waals surface area contributed by atoms with Crippen LogP contribution in [0.3, 0.4) is 0 Å². The molecule has 3 N–H and O–H groups in total. The molecule has 9 heteroatoms. The number of amides is 1. The van der Waals surface area contributed by atoms with Crippen molar-refractivity contribution in [3.8, 4) is 0 Å². The van der Waals surface area contributed by atoms with E-state index in [1.165, 1.54) is 12.2 Å². The molecule has 0 fully saturated rings. The highest BCUT2D eigenvalue weighted by atomic mass is 32.2. The number of hydrogen-bond donors (Lipinski definition) is 3. The van der Waals surface area contributed by atoms with Crippen LogP contribution in [-0.2, 0) is 15.6 Å². The van der Waals surface area contributed by atoms with Crippen molar-refractivity contribution in [2.45, 2.75) is 26.8 Å². The van der Waals surface area contributed by atoms with Crippen molar-refractivity contribution in [2.24, 2.45) is 0 Å². The molecule has 0 saturated carbocycles. The Morgan fingerprint density at radius 1 is 1.39 bits per heavy atom. The molecule has 2 atom stereocenters. The molecule has 0 aliphatic rings. The van der Waals surface area contributed by atoms with Crippen LogP contribution >= 0.6 is 11.8 Å². The first-order chi connectivity index (χ1) is 10.8. The maximum absolute atomic E-state index is 11.8. The zero-order valence-electron chi connectivity index (χ0n) is 13.3. The monoisotopic (exact) mass is 359 g/mol. The fraction of sp³-hybridized carbons (Fsp3) is 0.500. The summed E-state index contributed by atoms with van der Waals surface area (Å²) in [6.45, 7) is 5.35. The lowest BCUT2D eigenvalue weighted by Gasteiger charge is -2.11. The first-order valence-corrected chi connectivity index (χ1v) is 9.72. The largest absolute Gasteiger partial charge is 0.349 e. The Morgan fingerprint density at radius 2 is 2.09 bits per heavy atom. The molecule has 23 heavy (non-hydrogen) atoms. The third-order valence-corrected chi connectivity index (χ3v) is 5.82. The minimum atomic E-state index is -0.987. The third kappa shape index (κ3) is 7.00. The summed E-state index contributed by atoms with van der Waals surface area (Å²) in [7, 11) is -0.987. The molecule has 1 heterocycles. The van der Waals surface area contributed by atoms with Gasteiger partial charge in [0.15, 0.2) is 0 Å². The standard InChI is InChI=1S/C14H21N3O4S2/c1-4-22-8-23(21)7-9(2)15-12(18)6-5-11-10(3)16-14(20)17-13(11)19/h5-6,9H,4,7-8H2,1-3H3,(H,15,18)(H2,16,17,19,20)/b6-5+/t9-,23?/m1/s1. The van der Waals surface area contributed by atoms with Crippen molar-refractivity contribution >= 4 is 34.5 Å². The number of thioether (sulfide) groups is 1. The van der Waals surface area contributed by atoms with E-state index >= 15 is 0 Å². The highest BCUT2D eigenvalue weighted by molar-refractivity contribution is 8.10. The van der Waals surface area contributed by atoms with E-state index in [1.807, 2.05) is 6.92 Å². The van der Waals surface area contributed by atoms with Gasteiger partial charge in [-0.3, -0.25) is 18.8 Å². The molecular formula is C14H21N3O4S2. The van der Waals surface area contributed by atoms with Crippen molar-refractivity contribution < 1.29 is 9.00 Å². The number of carbonyl (C=O) groups excluding carboxylic acids is 1. The lowest BCUT2D eigenvalue weighted by atomic mass is 10.2.